The van der Waals surface area contributed by atoms with Crippen molar-refractivity contribution in [1.29, 1.82) is 0 Å². The second-order valence-electron chi connectivity index (χ2n) is 4.17. The van der Waals surface area contributed by atoms with Crippen LogP contribution in [0.15, 0.2) is 18.2 Å². The third kappa shape index (κ3) is 4.65. The molecule has 0 aromatic heterocycles. The predicted octanol–water partition coefficient (Wildman–Crippen LogP) is -0.943. The number of carbonyl (C=O) groups is 2. The number of nitrogens with two attached hydrogens (primary N) is 3. The van der Waals surface area contributed by atoms with Crippen molar-refractivity contribution in [1.82, 2.24) is 4.90 Å². The molecule has 104 valence electrons. The van der Waals surface area contributed by atoms with E-state index >= 15 is 0 Å². The van der Waals surface area contributed by atoms with E-state index < -0.39 is 17.6 Å². The molecule has 0 radical (unpaired) electrons. The standard InChI is InChI=1S/C12H17FN4O2/c13-12-8(4-14)2-1-3-9(12)5-17(6-10(15)18)7-11(16)19/h1-3H,4-7,14H2,(H2,15,18)(H2,16,19). The fraction of sp³-hybridized carbons (Fsp3) is 0.333. The number of amides is 2. The molecule has 0 unspecified atom stereocenters. The van der Waals surface area contributed by atoms with E-state index in [1.807, 2.05) is 0 Å². The van der Waals surface area contributed by atoms with Crippen LogP contribution in [0.3, 0.4) is 0 Å². The van der Waals surface area contributed by atoms with Crippen LogP contribution in [0, 0.1) is 5.82 Å². The van der Waals surface area contributed by atoms with Crippen LogP contribution < -0.4 is 17.2 Å². The second-order valence-corrected chi connectivity index (χ2v) is 4.17. The van der Waals surface area contributed by atoms with Crippen LogP contribution >= 0.6 is 0 Å². The lowest BCUT2D eigenvalue weighted by atomic mass is 10.1. The Labute approximate surface area is 110 Å². The first-order chi connectivity index (χ1) is 8.93. The average molecular weight is 268 g/mol. The van der Waals surface area contributed by atoms with Gasteiger partial charge in [0.05, 0.1) is 13.1 Å². The van der Waals surface area contributed by atoms with Crippen molar-refractivity contribution in [3.63, 3.8) is 0 Å². The molecule has 0 heterocycles. The molecule has 19 heavy (non-hydrogen) atoms. The summed E-state index contributed by atoms with van der Waals surface area (Å²) in [5.74, 6) is -1.67. The highest BCUT2D eigenvalue weighted by Gasteiger charge is 2.15. The lowest BCUT2D eigenvalue weighted by molar-refractivity contribution is -0.122. The number of carbonyl (C=O) groups excluding carboxylic acids is 2. The lowest BCUT2D eigenvalue weighted by Crippen LogP contribution is -2.39. The van der Waals surface area contributed by atoms with Crippen molar-refractivity contribution in [2.75, 3.05) is 13.1 Å². The summed E-state index contributed by atoms with van der Waals surface area (Å²) >= 11 is 0. The Morgan fingerprint density at radius 2 is 1.63 bits per heavy atom. The molecule has 6 N–H and O–H groups in total. The summed E-state index contributed by atoms with van der Waals surface area (Å²) in [6, 6.07) is 4.79. The van der Waals surface area contributed by atoms with Gasteiger partial charge in [0, 0.05) is 24.2 Å². The van der Waals surface area contributed by atoms with Gasteiger partial charge in [-0.15, -0.1) is 0 Å². The number of nitrogens with zero attached hydrogens (tertiary/aromatic N) is 1. The topological polar surface area (TPSA) is 115 Å². The molecule has 0 aliphatic rings. The predicted molar refractivity (Wildman–Crippen MR) is 68.0 cm³/mol. The van der Waals surface area contributed by atoms with E-state index in [1.165, 1.54) is 4.90 Å². The van der Waals surface area contributed by atoms with E-state index in [-0.39, 0.29) is 26.2 Å². The van der Waals surface area contributed by atoms with Crippen LogP contribution in [0.4, 0.5) is 4.39 Å². The number of benzene rings is 1. The number of halogens is 1. The smallest absolute Gasteiger partial charge is 0.231 e. The minimum Gasteiger partial charge on any atom is -0.369 e. The van der Waals surface area contributed by atoms with Crippen LogP contribution in [0.5, 0.6) is 0 Å². The zero-order valence-corrected chi connectivity index (χ0v) is 10.4. The van der Waals surface area contributed by atoms with Gasteiger partial charge in [0.25, 0.3) is 0 Å². The molecule has 1 aromatic rings. The van der Waals surface area contributed by atoms with Gasteiger partial charge < -0.3 is 17.2 Å². The monoisotopic (exact) mass is 268 g/mol. The average Bonchev–Trinajstić information content (AvgIpc) is 2.30. The molecule has 0 fully saturated rings. The molecular formula is C12H17FN4O2. The minimum atomic E-state index is -0.614. The maximum Gasteiger partial charge on any atom is 0.231 e. The molecule has 0 spiro atoms. The SMILES string of the molecule is NCc1cccc(CN(CC(N)=O)CC(N)=O)c1F. The summed E-state index contributed by atoms with van der Waals surface area (Å²) in [5, 5.41) is 0. The van der Waals surface area contributed by atoms with Crippen LogP contribution in [0.25, 0.3) is 0 Å². The first kappa shape index (κ1) is 15.1. The molecule has 6 nitrogen and oxygen atoms in total. The van der Waals surface area contributed by atoms with E-state index in [4.69, 9.17) is 17.2 Å². The highest BCUT2D eigenvalue weighted by molar-refractivity contribution is 5.79. The van der Waals surface area contributed by atoms with Gasteiger partial charge in [-0.1, -0.05) is 18.2 Å². The van der Waals surface area contributed by atoms with Crippen molar-refractivity contribution < 1.29 is 14.0 Å². The summed E-state index contributed by atoms with van der Waals surface area (Å²) in [4.78, 5) is 23.2. The minimum absolute atomic E-state index is 0.0611. The molecule has 1 rings (SSSR count). The third-order valence-electron chi connectivity index (χ3n) is 2.53. The largest absolute Gasteiger partial charge is 0.369 e. The Balaban J connectivity index is 2.89. The molecule has 0 saturated carbocycles. The summed E-state index contributed by atoms with van der Waals surface area (Å²) in [5.41, 5.74) is 16.3. The zero-order valence-electron chi connectivity index (χ0n) is 10.4. The summed E-state index contributed by atoms with van der Waals surface area (Å²) in [7, 11) is 0. The van der Waals surface area contributed by atoms with Gasteiger partial charge in [-0.05, 0) is 0 Å². The van der Waals surface area contributed by atoms with E-state index in [0.717, 1.165) is 0 Å². The molecule has 0 bridgehead atoms. The van der Waals surface area contributed by atoms with Crippen LogP contribution in [0.1, 0.15) is 11.1 Å². The van der Waals surface area contributed by atoms with Gasteiger partial charge in [-0.2, -0.15) is 0 Å². The Hall–Kier alpha value is -1.99. The quantitative estimate of drug-likeness (QED) is 0.591. The summed E-state index contributed by atoms with van der Waals surface area (Å²) in [6.45, 7) is -0.207. The van der Waals surface area contributed by atoms with Crippen molar-refractivity contribution in [2.24, 2.45) is 17.2 Å². The molecule has 7 heteroatoms. The highest BCUT2D eigenvalue weighted by atomic mass is 19.1. The van der Waals surface area contributed by atoms with Gasteiger partial charge in [0.15, 0.2) is 0 Å². The zero-order chi connectivity index (χ0) is 14.4. The Kier molecular flexibility index (Phi) is 5.40. The van der Waals surface area contributed by atoms with Crippen LogP contribution in [0.2, 0.25) is 0 Å². The van der Waals surface area contributed by atoms with E-state index in [2.05, 4.69) is 0 Å². The molecule has 2 amide bonds. The number of hydrogen-bond acceptors (Lipinski definition) is 4. The third-order valence-corrected chi connectivity index (χ3v) is 2.53. The Bertz CT molecular complexity index is 463. The molecule has 1 aromatic carbocycles. The van der Waals surface area contributed by atoms with Crippen LogP contribution in [-0.4, -0.2) is 29.8 Å². The first-order valence-corrected chi connectivity index (χ1v) is 5.69. The molecule has 0 aliphatic carbocycles. The van der Waals surface area contributed by atoms with Gasteiger partial charge in [-0.3, -0.25) is 14.5 Å². The molecule has 0 aliphatic heterocycles. The molecular weight excluding hydrogens is 251 g/mol. The number of rotatable bonds is 7. The maximum absolute atomic E-state index is 14.0. The van der Waals surface area contributed by atoms with Gasteiger partial charge in [-0.25, -0.2) is 4.39 Å². The van der Waals surface area contributed by atoms with Gasteiger partial charge in [0.1, 0.15) is 5.82 Å². The van der Waals surface area contributed by atoms with Crippen molar-refractivity contribution in [3.05, 3.63) is 35.1 Å². The fourth-order valence-corrected chi connectivity index (χ4v) is 1.76. The van der Waals surface area contributed by atoms with Gasteiger partial charge in [0.2, 0.25) is 11.8 Å². The Morgan fingerprint density at radius 1 is 1.11 bits per heavy atom. The summed E-state index contributed by atoms with van der Waals surface area (Å²) in [6.07, 6.45) is 0. The Morgan fingerprint density at radius 3 is 2.11 bits per heavy atom. The first-order valence-electron chi connectivity index (χ1n) is 5.69. The molecule has 0 atom stereocenters. The highest BCUT2D eigenvalue weighted by Crippen LogP contribution is 2.14. The van der Waals surface area contributed by atoms with Crippen molar-refractivity contribution in [3.8, 4) is 0 Å². The molecule has 0 saturated heterocycles. The number of hydrogen-bond donors (Lipinski definition) is 3. The normalized spacial score (nSPS) is 10.7. The van der Waals surface area contributed by atoms with Crippen molar-refractivity contribution >= 4 is 11.8 Å². The fourth-order valence-electron chi connectivity index (χ4n) is 1.76. The maximum atomic E-state index is 14.0. The van der Waals surface area contributed by atoms with Gasteiger partial charge >= 0.3 is 0 Å². The lowest BCUT2D eigenvalue weighted by Gasteiger charge is -2.19. The summed E-state index contributed by atoms with van der Waals surface area (Å²) < 4.78 is 14.0. The number of primary amides is 2. The van der Waals surface area contributed by atoms with E-state index in [9.17, 15) is 14.0 Å². The van der Waals surface area contributed by atoms with Crippen LogP contribution in [-0.2, 0) is 22.7 Å². The second kappa shape index (κ2) is 6.81. The van der Waals surface area contributed by atoms with Crippen molar-refractivity contribution in [2.45, 2.75) is 13.1 Å². The van der Waals surface area contributed by atoms with E-state index in [0.29, 0.717) is 11.1 Å². The van der Waals surface area contributed by atoms with E-state index in [1.54, 1.807) is 18.2 Å².